The second-order valence-corrected chi connectivity index (χ2v) is 6.93. The van der Waals surface area contributed by atoms with Crippen molar-refractivity contribution in [3.63, 3.8) is 0 Å². The molecule has 2 N–H and O–H groups in total. The van der Waals surface area contributed by atoms with Crippen LogP contribution < -0.4 is 10.9 Å². The van der Waals surface area contributed by atoms with Gasteiger partial charge in [-0.3, -0.25) is 25.2 Å². The number of nitrogens with zero attached hydrogens (tertiary/aromatic N) is 1. The third-order valence-electron chi connectivity index (χ3n) is 4.47. The van der Waals surface area contributed by atoms with E-state index in [0.717, 1.165) is 16.7 Å². The van der Waals surface area contributed by atoms with Crippen molar-refractivity contribution in [1.29, 1.82) is 0 Å². The molecule has 7 heteroatoms. The largest absolute Gasteiger partial charge is 0.311 e. The predicted octanol–water partition coefficient (Wildman–Crippen LogP) is 2.99. The van der Waals surface area contributed by atoms with E-state index >= 15 is 0 Å². The van der Waals surface area contributed by atoms with Crippen LogP contribution in [-0.2, 0) is 20.8 Å². The summed E-state index contributed by atoms with van der Waals surface area (Å²) in [5, 5.41) is 0.592. The second-order valence-electron chi connectivity index (χ2n) is 6.49. The summed E-state index contributed by atoms with van der Waals surface area (Å²) in [5.74, 6) is -0.885. The standard InChI is InChI=1S/C21H20ClN3O3/c1-14(26)25-11-10-16-4-2-3-5-18(16)19(25)13-21(28)24-23-20(27)12-15-6-8-17(22)9-7-15/h2-11,19H,12-13H2,1H3,(H,23,27)(H,24,28). The Hall–Kier alpha value is -3.12. The molecule has 144 valence electrons. The smallest absolute Gasteiger partial charge is 0.242 e. The molecule has 0 aromatic heterocycles. The zero-order valence-electron chi connectivity index (χ0n) is 15.3. The van der Waals surface area contributed by atoms with Crippen molar-refractivity contribution < 1.29 is 14.4 Å². The van der Waals surface area contributed by atoms with Crippen molar-refractivity contribution in [1.82, 2.24) is 15.8 Å². The van der Waals surface area contributed by atoms with Gasteiger partial charge in [-0.1, -0.05) is 48.0 Å². The second kappa shape index (κ2) is 8.71. The summed E-state index contributed by atoms with van der Waals surface area (Å²) in [5.41, 5.74) is 7.47. The number of nitrogens with one attached hydrogen (secondary N) is 2. The maximum Gasteiger partial charge on any atom is 0.242 e. The molecule has 1 atom stereocenters. The number of benzene rings is 2. The van der Waals surface area contributed by atoms with Crippen molar-refractivity contribution in [2.45, 2.75) is 25.8 Å². The van der Waals surface area contributed by atoms with E-state index in [9.17, 15) is 14.4 Å². The highest BCUT2D eigenvalue weighted by molar-refractivity contribution is 6.30. The van der Waals surface area contributed by atoms with Gasteiger partial charge in [0.1, 0.15) is 0 Å². The Bertz CT molecular complexity index is 925. The van der Waals surface area contributed by atoms with Crippen LogP contribution in [-0.4, -0.2) is 22.6 Å². The molecular formula is C21H20ClN3O3. The van der Waals surface area contributed by atoms with Crippen LogP contribution in [0.25, 0.3) is 6.08 Å². The third-order valence-corrected chi connectivity index (χ3v) is 4.72. The zero-order valence-corrected chi connectivity index (χ0v) is 16.1. The lowest BCUT2D eigenvalue weighted by Gasteiger charge is -2.32. The van der Waals surface area contributed by atoms with Crippen LogP contribution in [0.4, 0.5) is 0 Å². The van der Waals surface area contributed by atoms with E-state index in [1.165, 1.54) is 11.8 Å². The van der Waals surface area contributed by atoms with Gasteiger partial charge >= 0.3 is 0 Å². The van der Waals surface area contributed by atoms with E-state index in [2.05, 4.69) is 10.9 Å². The van der Waals surface area contributed by atoms with Gasteiger partial charge in [0.05, 0.1) is 18.9 Å². The van der Waals surface area contributed by atoms with E-state index in [-0.39, 0.29) is 30.6 Å². The molecule has 0 saturated carbocycles. The van der Waals surface area contributed by atoms with Crippen molar-refractivity contribution in [2.24, 2.45) is 0 Å². The van der Waals surface area contributed by atoms with Crippen LogP contribution >= 0.6 is 11.6 Å². The van der Waals surface area contributed by atoms with E-state index in [4.69, 9.17) is 11.6 Å². The van der Waals surface area contributed by atoms with E-state index in [0.29, 0.717) is 5.02 Å². The average Bonchev–Trinajstić information content (AvgIpc) is 2.68. The zero-order chi connectivity index (χ0) is 20.1. The highest BCUT2D eigenvalue weighted by atomic mass is 35.5. The van der Waals surface area contributed by atoms with Crippen molar-refractivity contribution in [3.05, 3.63) is 76.4 Å². The monoisotopic (exact) mass is 397 g/mol. The van der Waals surface area contributed by atoms with Crippen molar-refractivity contribution in [2.75, 3.05) is 0 Å². The van der Waals surface area contributed by atoms with Gasteiger partial charge in [0.15, 0.2) is 0 Å². The Morgan fingerprint density at radius 2 is 1.68 bits per heavy atom. The van der Waals surface area contributed by atoms with Gasteiger partial charge in [-0.15, -0.1) is 0 Å². The number of halogens is 1. The summed E-state index contributed by atoms with van der Waals surface area (Å²) in [6, 6.07) is 14.1. The van der Waals surface area contributed by atoms with Crippen molar-refractivity contribution in [3.8, 4) is 0 Å². The first kappa shape index (κ1) is 19.6. The summed E-state index contributed by atoms with van der Waals surface area (Å²) in [6.45, 7) is 1.46. The molecular weight excluding hydrogens is 378 g/mol. The molecule has 3 amide bonds. The maximum absolute atomic E-state index is 12.4. The topological polar surface area (TPSA) is 78.5 Å². The molecule has 28 heavy (non-hydrogen) atoms. The molecule has 0 spiro atoms. The van der Waals surface area contributed by atoms with Gasteiger partial charge in [-0.05, 0) is 34.9 Å². The molecule has 1 heterocycles. The molecule has 0 bridgehead atoms. The van der Waals surface area contributed by atoms with Gasteiger partial charge in [0, 0.05) is 18.1 Å². The molecule has 0 radical (unpaired) electrons. The number of hydrogen-bond acceptors (Lipinski definition) is 3. The Morgan fingerprint density at radius 3 is 2.39 bits per heavy atom. The van der Waals surface area contributed by atoms with Crippen LogP contribution in [0.5, 0.6) is 0 Å². The number of carbonyl (C=O) groups excluding carboxylic acids is 3. The number of carbonyl (C=O) groups is 3. The Morgan fingerprint density at radius 1 is 1.00 bits per heavy atom. The summed E-state index contributed by atoms with van der Waals surface area (Å²) in [7, 11) is 0. The minimum absolute atomic E-state index is 0.0299. The molecule has 6 nitrogen and oxygen atoms in total. The first-order chi connectivity index (χ1) is 13.4. The molecule has 2 aromatic rings. The molecule has 1 aliphatic heterocycles. The lowest BCUT2D eigenvalue weighted by molar-refractivity contribution is -0.132. The van der Waals surface area contributed by atoms with Gasteiger partial charge in [-0.2, -0.15) is 0 Å². The summed E-state index contributed by atoms with van der Waals surface area (Å²) in [4.78, 5) is 37.9. The molecule has 1 aliphatic rings. The minimum atomic E-state index is -0.424. The average molecular weight is 398 g/mol. The van der Waals surface area contributed by atoms with Crippen LogP contribution in [0.1, 0.15) is 36.1 Å². The van der Waals surface area contributed by atoms with Crippen LogP contribution in [0.15, 0.2) is 54.7 Å². The number of amides is 3. The fraction of sp³-hybridized carbons (Fsp3) is 0.190. The first-order valence-electron chi connectivity index (χ1n) is 8.82. The number of fused-ring (bicyclic) bond motifs is 1. The third kappa shape index (κ3) is 4.78. The van der Waals surface area contributed by atoms with Crippen LogP contribution in [0, 0.1) is 0 Å². The molecule has 3 rings (SSSR count). The highest BCUT2D eigenvalue weighted by Crippen LogP contribution is 2.32. The van der Waals surface area contributed by atoms with Crippen LogP contribution in [0.3, 0.4) is 0 Å². The summed E-state index contributed by atoms with van der Waals surface area (Å²) < 4.78 is 0. The Balaban J connectivity index is 1.60. The van der Waals surface area contributed by atoms with Gasteiger partial charge in [0.25, 0.3) is 0 Å². The summed E-state index contributed by atoms with van der Waals surface area (Å²) in [6.07, 6.45) is 3.68. The van der Waals surface area contributed by atoms with E-state index in [1.807, 2.05) is 30.3 Å². The SMILES string of the molecule is CC(=O)N1C=Cc2ccccc2C1CC(=O)NNC(=O)Cc1ccc(Cl)cc1. The molecule has 1 unspecified atom stereocenters. The number of hydrazine groups is 1. The van der Waals surface area contributed by atoms with Crippen molar-refractivity contribution >= 4 is 35.4 Å². The number of hydrogen-bond donors (Lipinski definition) is 2. The molecule has 0 aliphatic carbocycles. The maximum atomic E-state index is 12.4. The Labute approximate surface area is 168 Å². The van der Waals surface area contributed by atoms with Gasteiger partial charge in [-0.25, -0.2) is 0 Å². The lowest BCUT2D eigenvalue weighted by atomic mass is 9.93. The van der Waals surface area contributed by atoms with Gasteiger partial charge in [0.2, 0.25) is 17.7 Å². The molecule has 2 aromatic carbocycles. The quantitative estimate of drug-likeness (QED) is 0.778. The lowest BCUT2D eigenvalue weighted by Crippen LogP contribution is -2.44. The number of rotatable bonds is 4. The summed E-state index contributed by atoms with van der Waals surface area (Å²) >= 11 is 5.82. The molecule has 0 fully saturated rings. The van der Waals surface area contributed by atoms with Gasteiger partial charge < -0.3 is 4.90 Å². The normalized spacial score (nSPS) is 14.9. The fourth-order valence-corrected chi connectivity index (χ4v) is 3.24. The highest BCUT2D eigenvalue weighted by Gasteiger charge is 2.28. The minimum Gasteiger partial charge on any atom is -0.311 e. The fourth-order valence-electron chi connectivity index (χ4n) is 3.11. The molecule has 0 saturated heterocycles. The first-order valence-corrected chi connectivity index (χ1v) is 9.20. The van der Waals surface area contributed by atoms with E-state index in [1.54, 1.807) is 30.5 Å². The van der Waals surface area contributed by atoms with E-state index < -0.39 is 6.04 Å². The van der Waals surface area contributed by atoms with Crippen LogP contribution in [0.2, 0.25) is 5.02 Å². The Kier molecular flexibility index (Phi) is 6.11. The predicted molar refractivity (Wildman–Crippen MR) is 107 cm³/mol.